The van der Waals surface area contributed by atoms with E-state index in [4.69, 9.17) is 5.11 Å². The molecule has 4 nitrogen and oxygen atoms in total. The number of halogens is 3. The highest BCUT2D eigenvalue weighted by molar-refractivity contribution is 5.82. The van der Waals surface area contributed by atoms with Crippen LogP contribution in [0.1, 0.15) is 40.0 Å². The second-order valence-corrected chi connectivity index (χ2v) is 6.03. The molecule has 1 N–H and O–H groups in total. The molecule has 0 aromatic heterocycles. The first kappa shape index (κ1) is 17.8. The summed E-state index contributed by atoms with van der Waals surface area (Å²) in [6, 6.07) is 0. The van der Waals surface area contributed by atoms with E-state index in [0.717, 1.165) is 11.3 Å². The van der Waals surface area contributed by atoms with Gasteiger partial charge >= 0.3 is 12.1 Å². The van der Waals surface area contributed by atoms with E-state index in [-0.39, 0.29) is 24.3 Å². The molecular weight excluding hydrogens is 287 g/mol. The molecule has 2 unspecified atom stereocenters. The van der Waals surface area contributed by atoms with Crippen LogP contribution in [0.3, 0.4) is 0 Å². The molecule has 0 saturated carbocycles. The van der Waals surface area contributed by atoms with E-state index >= 15 is 0 Å². The largest absolute Gasteiger partial charge is 0.481 e. The van der Waals surface area contributed by atoms with Crippen molar-refractivity contribution in [1.82, 2.24) is 4.90 Å². The van der Waals surface area contributed by atoms with Gasteiger partial charge in [0.2, 0.25) is 5.91 Å². The summed E-state index contributed by atoms with van der Waals surface area (Å²) in [5, 5.41) is 8.99. The molecule has 0 spiro atoms. The predicted octanol–water partition coefficient (Wildman–Crippen LogP) is 2.92. The van der Waals surface area contributed by atoms with Crippen LogP contribution in [0.15, 0.2) is 0 Å². The van der Waals surface area contributed by atoms with Crippen LogP contribution in [0.5, 0.6) is 0 Å². The summed E-state index contributed by atoms with van der Waals surface area (Å²) >= 11 is 0. The van der Waals surface area contributed by atoms with Gasteiger partial charge < -0.3 is 10.0 Å². The average molecular weight is 309 g/mol. The summed E-state index contributed by atoms with van der Waals surface area (Å²) in [5.41, 5.74) is -2.82. The lowest BCUT2D eigenvalue weighted by Crippen LogP contribution is -2.48. The van der Waals surface area contributed by atoms with E-state index in [9.17, 15) is 22.8 Å². The second kappa shape index (κ2) is 6.23. The average Bonchev–Trinajstić information content (AvgIpc) is 2.80. The first-order chi connectivity index (χ1) is 9.56. The number of hydrogen-bond acceptors (Lipinski definition) is 2. The third-order valence-electron chi connectivity index (χ3n) is 4.25. The molecule has 1 saturated heterocycles. The van der Waals surface area contributed by atoms with Crippen LogP contribution in [-0.4, -0.2) is 41.1 Å². The Bertz CT molecular complexity index is 409. The molecule has 21 heavy (non-hydrogen) atoms. The Labute approximate surface area is 122 Å². The van der Waals surface area contributed by atoms with Crippen molar-refractivity contribution < 1.29 is 27.9 Å². The van der Waals surface area contributed by atoms with E-state index in [0.29, 0.717) is 6.42 Å². The summed E-state index contributed by atoms with van der Waals surface area (Å²) in [6.07, 6.45) is -4.08. The summed E-state index contributed by atoms with van der Waals surface area (Å²) in [7, 11) is 0. The van der Waals surface area contributed by atoms with Crippen molar-refractivity contribution in [2.24, 2.45) is 17.3 Å². The Morgan fingerprint density at radius 1 is 1.33 bits per heavy atom. The number of carbonyl (C=O) groups excluding carboxylic acids is 1. The Morgan fingerprint density at radius 2 is 1.90 bits per heavy atom. The van der Waals surface area contributed by atoms with Crippen molar-refractivity contribution in [3.05, 3.63) is 0 Å². The summed E-state index contributed by atoms with van der Waals surface area (Å²) < 4.78 is 39.3. The normalized spacial score (nSPS) is 24.4. The first-order valence-corrected chi connectivity index (χ1v) is 7.15. The minimum Gasteiger partial charge on any atom is -0.481 e. The molecule has 1 aliphatic rings. The van der Waals surface area contributed by atoms with Gasteiger partial charge in [-0.25, -0.2) is 0 Å². The second-order valence-electron chi connectivity index (χ2n) is 6.03. The van der Waals surface area contributed by atoms with Crippen molar-refractivity contribution in [1.29, 1.82) is 0 Å². The highest BCUT2D eigenvalue weighted by Gasteiger charge is 2.64. The maximum atomic E-state index is 13.1. The van der Waals surface area contributed by atoms with E-state index in [1.807, 2.05) is 20.8 Å². The highest BCUT2D eigenvalue weighted by atomic mass is 19.4. The number of hydrogen-bond donors (Lipinski definition) is 1. The van der Waals surface area contributed by atoms with Gasteiger partial charge in [-0.15, -0.1) is 0 Å². The highest BCUT2D eigenvalue weighted by Crippen LogP contribution is 2.46. The number of carboxylic acids is 1. The summed E-state index contributed by atoms with van der Waals surface area (Å²) in [5.74, 6) is -2.60. The van der Waals surface area contributed by atoms with Gasteiger partial charge in [-0.2, -0.15) is 13.2 Å². The molecule has 1 aliphatic heterocycles. The van der Waals surface area contributed by atoms with Crippen LogP contribution < -0.4 is 0 Å². The Kier molecular flexibility index (Phi) is 5.28. The maximum absolute atomic E-state index is 13.1. The third-order valence-corrected chi connectivity index (χ3v) is 4.25. The molecule has 0 bridgehead atoms. The Hall–Kier alpha value is -1.27. The van der Waals surface area contributed by atoms with Crippen LogP contribution in [0, 0.1) is 17.3 Å². The Morgan fingerprint density at radius 3 is 2.24 bits per heavy atom. The van der Waals surface area contributed by atoms with Crippen LogP contribution in [0.25, 0.3) is 0 Å². The molecule has 2 atom stereocenters. The molecule has 1 amide bonds. The molecular formula is C14H22F3NO3. The van der Waals surface area contributed by atoms with Gasteiger partial charge in [-0.05, 0) is 18.8 Å². The van der Waals surface area contributed by atoms with Crippen LogP contribution in [0.4, 0.5) is 13.2 Å². The maximum Gasteiger partial charge on any atom is 0.406 e. The smallest absolute Gasteiger partial charge is 0.406 e. The zero-order valence-corrected chi connectivity index (χ0v) is 12.5. The minimum absolute atomic E-state index is 0.0168. The van der Waals surface area contributed by atoms with Crippen molar-refractivity contribution in [3.63, 3.8) is 0 Å². The van der Waals surface area contributed by atoms with Crippen LogP contribution >= 0.6 is 0 Å². The number of aliphatic carboxylic acids is 1. The van der Waals surface area contributed by atoms with Crippen molar-refractivity contribution >= 4 is 11.9 Å². The fourth-order valence-electron chi connectivity index (χ4n) is 2.81. The number of likely N-dealkylation sites (tertiary alicyclic amines) is 1. The lowest BCUT2D eigenvalue weighted by atomic mass is 9.86. The summed E-state index contributed by atoms with van der Waals surface area (Å²) in [6.45, 7) is 4.67. The molecule has 1 fully saturated rings. The van der Waals surface area contributed by atoms with Gasteiger partial charge in [0.1, 0.15) is 0 Å². The fourth-order valence-corrected chi connectivity index (χ4v) is 2.81. The molecule has 0 radical (unpaired) electrons. The standard InChI is InChI=1S/C14H22F3NO3/c1-4-5-10(9(2)3)11(19)18-7-6-13(8-18,12(20)21)14(15,16)17/h9-10H,4-8H2,1-3H3,(H,20,21). The van der Waals surface area contributed by atoms with Gasteiger partial charge in [0.15, 0.2) is 5.41 Å². The van der Waals surface area contributed by atoms with E-state index in [2.05, 4.69) is 0 Å². The van der Waals surface area contributed by atoms with Gasteiger partial charge in [0.05, 0.1) is 0 Å². The molecule has 1 rings (SSSR count). The Balaban J connectivity index is 2.94. The zero-order chi connectivity index (χ0) is 16.4. The molecule has 1 heterocycles. The monoisotopic (exact) mass is 309 g/mol. The topological polar surface area (TPSA) is 57.6 Å². The number of nitrogens with zero attached hydrogens (tertiary/aromatic N) is 1. The van der Waals surface area contributed by atoms with Gasteiger partial charge in [0, 0.05) is 19.0 Å². The third kappa shape index (κ3) is 3.32. The molecule has 122 valence electrons. The van der Waals surface area contributed by atoms with Crippen LogP contribution in [0.2, 0.25) is 0 Å². The lowest BCUT2D eigenvalue weighted by Gasteiger charge is -2.29. The number of amides is 1. The summed E-state index contributed by atoms with van der Waals surface area (Å²) in [4.78, 5) is 24.6. The van der Waals surface area contributed by atoms with Crippen molar-refractivity contribution in [2.75, 3.05) is 13.1 Å². The zero-order valence-electron chi connectivity index (χ0n) is 12.5. The van der Waals surface area contributed by atoms with Gasteiger partial charge in [-0.3, -0.25) is 9.59 Å². The number of alkyl halides is 3. The van der Waals surface area contributed by atoms with E-state index < -0.39 is 30.5 Å². The van der Waals surface area contributed by atoms with Gasteiger partial charge in [-0.1, -0.05) is 27.2 Å². The molecule has 0 aromatic rings. The number of carboxylic acid groups (broad SMARTS) is 1. The quantitative estimate of drug-likeness (QED) is 0.849. The van der Waals surface area contributed by atoms with Crippen molar-refractivity contribution in [2.45, 2.75) is 46.2 Å². The number of carbonyl (C=O) groups is 2. The predicted molar refractivity (Wildman–Crippen MR) is 70.6 cm³/mol. The molecule has 0 aromatic carbocycles. The van der Waals surface area contributed by atoms with E-state index in [1.54, 1.807) is 0 Å². The van der Waals surface area contributed by atoms with Gasteiger partial charge in [0.25, 0.3) is 0 Å². The first-order valence-electron chi connectivity index (χ1n) is 7.15. The number of rotatable bonds is 5. The lowest BCUT2D eigenvalue weighted by molar-refractivity contribution is -0.227. The van der Waals surface area contributed by atoms with E-state index in [1.165, 1.54) is 0 Å². The molecule has 0 aliphatic carbocycles. The molecule has 7 heteroatoms. The SMILES string of the molecule is CCCC(C(=O)N1CCC(C(=O)O)(C(F)(F)F)C1)C(C)C. The van der Waals surface area contributed by atoms with Crippen molar-refractivity contribution in [3.8, 4) is 0 Å². The fraction of sp³-hybridized carbons (Fsp3) is 0.857. The van der Waals surface area contributed by atoms with Crippen LogP contribution in [-0.2, 0) is 9.59 Å². The minimum atomic E-state index is -4.86.